The zero-order valence-electron chi connectivity index (χ0n) is 17.8. The number of anilines is 1. The number of sulfonamides is 1. The highest BCUT2D eigenvalue weighted by Crippen LogP contribution is 2.33. The van der Waals surface area contributed by atoms with E-state index in [0.717, 1.165) is 14.8 Å². The van der Waals surface area contributed by atoms with Crippen LogP contribution in [0, 0.1) is 10.1 Å². The highest BCUT2D eigenvalue weighted by molar-refractivity contribution is 9.10. The molecule has 0 unspecified atom stereocenters. The third-order valence-corrected chi connectivity index (χ3v) is 6.89. The fraction of sp³-hybridized carbons (Fsp3) is 0.381. The summed E-state index contributed by atoms with van der Waals surface area (Å²) in [4.78, 5) is 21.6. The molecule has 2 aromatic carbocycles. The Kier molecular flexibility index (Phi) is 9.45. The standard InChI is InChI=1S/C21H25BrN2O7S/c1-3-30-21(25)7-5-4-6-14-31-19-13-12-18(24(26)27)15-20(19)32(28,29)23(2)17-10-8-16(22)9-11-17/h8-13,15H,3-7,14H2,1-2H3. The molecule has 9 nitrogen and oxygen atoms in total. The number of carbonyl (C=O) groups is 1. The molecule has 0 aliphatic heterocycles. The SMILES string of the molecule is CCOC(=O)CCCCCOc1ccc([N+](=O)[O-])cc1S(=O)(=O)N(C)c1ccc(Br)cc1. The number of unbranched alkanes of at least 4 members (excludes halogenated alkanes) is 2. The maximum Gasteiger partial charge on any atom is 0.305 e. The Bertz CT molecular complexity index is 1040. The van der Waals surface area contributed by atoms with Crippen LogP contribution in [0.2, 0.25) is 0 Å². The van der Waals surface area contributed by atoms with E-state index in [9.17, 15) is 23.3 Å². The van der Waals surface area contributed by atoms with E-state index >= 15 is 0 Å². The second-order valence-corrected chi connectivity index (χ2v) is 9.65. The number of halogens is 1. The normalized spacial score (nSPS) is 11.1. The minimum Gasteiger partial charge on any atom is -0.492 e. The van der Waals surface area contributed by atoms with Gasteiger partial charge in [0.25, 0.3) is 15.7 Å². The molecule has 0 fully saturated rings. The van der Waals surface area contributed by atoms with Gasteiger partial charge in [-0.05, 0) is 56.5 Å². The smallest absolute Gasteiger partial charge is 0.305 e. The van der Waals surface area contributed by atoms with Gasteiger partial charge in [0.2, 0.25) is 0 Å². The van der Waals surface area contributed by atoms with Gasteiger partial charge in [-0.2, -0.15) is 0 Å². The van der Waals surface area contributed by atoms with Crippen molar-refractivity contribution in [3.8, 4) is 5.75 Å². The van der Waals surface area contributed by atoms with Crippen LogP contribution >= 0.6 is 15.9 Å². The van der Waals surface area contributed by atoms with Gasteiger partial charge < -0.3 is 9.47 Å². The summed E-state index contributed by atoms with van der Waals surface area (Å²) in [5.74, 6) is -0.224. The lowest BCUT2D eigenvalue weighted by atomic mass is 10.2. The van der Waals surface area contributed by atoms with Gasteiger partial charge in [0.05, 0.1) is 23.8 Å². The molecule has 11 heteroatoms. The first-order valence-electron chi connectivity index (χ1n) is 9.98. The van der Waals surface area contributed by atoms with Crippen molar-refractivity contribution in [3.05, 3.63) is 57.1 Å². The number of non-ortho nitro benzene ring substituents is 1. The molecule has 0 spiro atoms. The third kappa shape index (κ3) is 6.92. The number of nitro benzene ring substituents is 1. The number of nitro groups is 1. The molecule has 0 bridgehead atoms. The molecule has 0 heterocycles. The van der Waals surface area contributed by atoms with Gasteiger partial charge in [-0.3, -0.25) is 19.2 Å². The summed E-state index contributed by atoms with van der Waals surface area (Å²) in [5.41, 5.74) is 0.0409. The van der Waals surface area contributed by atoms with Gasteiger partial charge in [-0.25, -0.2) is 8.42 Å². The number of rotatable bonds is 12. The van der Waals surface area contributed by atoms with Crippen molar-refractivity contribution in [2.75, 3.05) is 24.6 Å². The van der Waals surface area contributed by atoms with E-state index < -0.39 is 14.9 Å². The maximum atomic E-state index is 13.2. The van der Waals surface area contributed by atoms with Gasteiger partial charge in [-0.15, -0.1) is 0 Å². The number of benzene rings is 2. The van der Waals surface area contributed by atoms with Crippen LogP contribution in [0.4, 0.5) is 11.4 Å². The predicted octanol–water partition coefficient (Wildman–Crippen LogP) is 4.68. The van der Waals surface area contributed by atoms with E-state index in [0.29, 0.717) is 38.0 Å². The monoisotopic (exact) mass is 528 g/mol. The second kappa shape index (κ2) is 11.8. The summed E-state index contributed by atoms with van der Waals surface area (Å²) in [6.45, 7) is 2.29. The minimum atomic E-state index is -4.13. The van der Waals surface area contributed by atoms with Gasteiger partial charge in [0.1, 0.15) is 10.6 Å². The number of esters is 1. The molecular weight excluding hydrogens is 504 g/mol. The first kappa shape index (κ1) is 25.6. The first-order valence-corrected chi connectivity index (χ1v) is 12.2. The molecule has 0 saturated carbocycles. The molecule has 0 amide bonds. The summed E-state index contributed by atoms with van der Waals surface area (Å²) in [7, 11) is -2.76. The molecule has 2 rings (SSSR count). The highest BCUT2D eigenvalue weighted by atomic mass is 79.9. The van der Waals surface area contributed by atoms with Crippen molar-refractivity contribution < 1.29 is 27.6 Å². The van der Waals surface area contributed by atoms with Gasteiger partial charge >= 0.3 is 5.97 Å². The van der Waals surface area contributed by atoms with E-state index in [4.69, 9.17) is 9.47 Å². The van der Waals surface area contributed by atoms with Crippen LogP contribution in [-0.4, -0.2) is 39.6 Å². The van der Waals surface area contributed by atoms with Crippen molar-refractivity contribution in [1.82, 2.24) is 0 Å². The second-order valence-electron chi connectivity index (χ2n) is 6.80. The van der Waals surface area contributed by atoms with Gasteiger partial charge in [0, 0.05) is 30.1 Å². The fourth-order valence-electron chi connectivity index (χ4n) is 2.83. The third-order valence-electron chi connectivity index (χ3n) is 4.55. The van der Waals surface area contributed by atoms with E-state index in [-0.39, 0.29) is 28.9 Å². The maximum absolute atomic E-state index is 13.2. The van der Waals surface area contributed by atoms with Gasteiger partial charge in [0.15, 0.2) is 0 Å². The average Bonchev–Trinajstić information content (AvgIpc) is 2.76. The lowest BCUT2D eigenvalue weighted by Gasteiger charge is -2.21. The van der Waals surface area contributed by atoms with Crippen LogP contribution in [0.5, 0.6) is 5.75 Å². The number of nitrogens with zero attached hydrogens (tertiary/aromatic N) is 2. The predicted molar refractivity (Wildman–Crippen MR) is 123 cm³/mol. The van der Waals surface area contributed by atoms with Gasteiger partial charge in [-0.1, -0.05) is 15.9 Å². The molecule has 0 N–H and O–H groups in total. The zero-order chi connectivity index (χ0) is 23.7. The van der Waals surface area contributed by atoms with Crippen molar-refractivity contribution >= 4 is 43.3 Å². The first-order chi connectivity index (χ1) is 15.2. The lowest BCUT2D eigenvalue weighted by molar-refractivity contribution is -0.385. The Morgan fingerprint density at radius 1 is 1.12 bits per heavy atom. The largest absolute Gasteiger partial charge is 0.492 e. The number of hydrogen-bond donors (Lipinski definition) is 0. The fourth-order valence-corrected chi connectivity index (χ4v) is 4.44. The van der Waals surface area contributed by atoms with Crippen molar-refractivity contribution in [3.63, 3.8) is 0 Å². The molecule has 0 aromatic heterocycles. The van der Waals surface area contributed by atoms with Crippen LogP contribution in [0.15, 0.2) is 51.8 Å². The summed E-state index contributed by atoms with van der Waals surface area (Å²) in [6, 6.07) is 10.1. The Hall–Kier alpha value is -2.66. The summed E-state index contributed by atoms with van der Waals surface area (Å²) >= 11 is 3.30. The van der Waals surface area contributed by atoms with E-state index in [1.807, 2.05) is 0 Å². The summed E-state index contributed by atoms with van der Waals surface area (Å²) in [5, 5.41) is 11.2. The van der Waals surface area contributed by atoms with Crippen LogP contribution in [-0.2, 0) is 19.6 Å². The highest BCUT2D eigenvalue weighted by Gasteiger charge is 2.28. The molecule has 0 aliphatic carbocycles. The minimum absolute atomic E-state index is 0.0324. The van der Waals surface area contributed by atoms with Crippen molar-refractivity contribution in [2.45, 2.75) is 37.5 Å². The average molecular weight is 529 g/mol. The lowest BCUT2D eigenvalue weighted by Crippen LogP contribution is -2.27. The van der Waals surface area contributed by atoms with E-state index in [1.165, 1.54) is 19.2 Å². The Morgan fingerprint density at radius 2 is 1.81 bits per heavy atom. The molecule has 0 atom stereocenters. The molecular formula is C21H25BrN2O7S. The Balaban J connectivity index is 2.16. The zero-order valence-corrected chi connectivity index (χ0v) is 20.2. The van der Waals surface area contributed by atoms with Crippen molar-refractivity contribution in [1.29, 1.82) is 0 Å². The summed E-state index contributed by atoms with van der Waals surface area (Å²) in [6.07, 6.45) is 2.20. The topological polar surface area (TPSA) is 116 Å². The van der Waals surface area contributed by atoms with E-state index in [2.05, 4.69) is 15.9 Å². The molecule has 2 aromatic rings. The number of carbonyl (C=O) groups excluding carboxylic acids is 1. The van der Waals surface area contributed by atoms with E-state index in [1.54, 1.807) is 31.2 Å². The molecule has 174 valence electrons. The number of hydrogen-bond acceptors (Lipinski definition) is 7. The number of ether oxygens (including phenoxy) is 2. The summed E-state index contributed by atoms with van der Waals surface area (Å²) < 4.78 is 38.9. The Morgan fingerprint density at radius 3 is 2.44 bits per heavy atom. The quantitative estimate of drug-likeness (QED) is 0.170. The Labute approximate surface area is 195 Å². The van der Waals surface area contributed by atoms with Crippen LogP contribution in [0.3, 0.4) is 0 Å². The molecule has 0 radical (unpaired) electrons. The molecule has 0 saturated heterocycles. The van der Waals surface area contributed by atoms with Crippen molar-refractivity contribution in [2.24, 2.45) is 0 Å². The molecule has 32 heavy (non-hydrogen) atoms. The van der Waals surface area contributed by atoms with Crippen LogP contribution in [0.1, 0.15) is 32.6 Å². The van der Waals surface area contributed by atoms with Crippen LogP contribution in [0.25, 0.3) is 0 Å². The van der Waals surface area contributed by atoms with Crippen LogP contribution < -0.4 is 9.04 Å². The molecule has 0 aliphatic rings.